The van der Waals surface area contributed by atoms with Gasteiger partial charge in [0.1, 0.15) is 6.04 Å². The third-order valence-corrected chi connectivity index (χ3v) is 5.17. The van der Waals surface area contributed by atoms with Crippen LogP contribution in [0.25, 0.3) is 0 Å². The lowest BCUT2D eigenvalue weighted by Crippen LogP contribution is -2.45. The van der Waals surface area contributed by atoms with Gasteiger partial charge in [0.2, 0.25) is 5.91 Å². The first-order chi connectivity index (χ1) is 13.7. The first-order valence-electron chi connectivity index (χ1n) is 9.54. The van der Waals surface area contributed by atoms with Gasteiger partial charge in [-0.25, -0.2) is 0 Å². The maximum Gasteiger partial charge on any atom is 0.259 e. The summed E-state index contributed by atoms with van der Waals surface area (Å²) in [6, 6.07) is 24.0. The van der Waals surface area contributed by atoms with Gasteiger partial charge in [0.25, 0.3) is 5.91 Å². The van der Waals surface area contributed by atoms with Crippen molar-refractivity contribution in [2.75, 3.05) is 10.2 Å². The van der Waals surface area contributed by atoms with Gasteiger partial charge in [-0.2, -0.15) is 0 Å². The lowest BCUT2D eigenvalue weighted by atomic mass is 10.1. The number of fused-ring (bicyclic) bond motifs is 1. The van der Waals surface area contributed by atoms with Crippen LogP contribution in [0.15, 0.2) is 78.9 Å². The zero-order valence-electron chi connectivity index (χ0n) is 15.8. The van der Waals surface area contributed by atoms with E-state index in [1.54, 1.807) is 17.0 Å². The molecule has 4 nitrogen and oxygen atoms in total. The van der Waals surface area contributed by atoms with E-state index < -0.39 is 6.04 Å². The molecule has 0 radical (unpaired) electrons. The van der Waals surface area contributed by atoms with Gasteiger partial charge in [0.15, 0.2) is 0 Å². The van der Waals surface area contributed by atoms with Crippen LogP contribution in [0.1, 0.15) is 28.4 Å². The van der Waals surface area contributed by atoms with E-state index in [1.807, 2.05) is 66.7 Å². The summed E-state index contributed by atoms with van der Waals surface area (Å²) >= 11 is 0. The van der Waals surface area contributed by atoms with Crippen molar-refractivity contribution in [1.29, 1.82) is 0 Å². The number of para-hydroxylation sites is 2. The third kappa shape index (κ3) is 3.29. The lowest BCUT2D eigenvalue weighted by molar-refractivity contribution is -0.117. The van der Waals surface area contributed by atoms with Gasteiger partial charge in [-0.1, -0.05) is 61.5 Å². The standard InChI is InChI=1S/C24H22N2O2/c1-2-17-10-6-8-14-20(17)25-23(27)22-16-19-13-7-9-15-21(19)26(22)24(28)18-11-4-3-5-12-18/h3-15,22H,2,16H2,1H3,(H,25,27). The third-order valence-electron chi connectivity index (χ3n) is 5.17. The average Bonchev–Trinajstić information content (AvgIpc) is 3.14. The van der Waals surface area contributed by atoms with Crippen LogP contribution in [-0.2, 0) is 17.6 Å². The van der Waals surface area contributed by atoms with E-state index in [1.165, 1.54) is 0 Å². The van der Waals surface area contributed by atoms with Gasteiger partial charge < -0.3 is 5.32 Å². The van der Waals surface area contributed by atoms with Crippen LogP contribution in [0.5, 0.6) is 0 Å². The van der Waals surface area contributed by atoms with E-state index in [0.29, 0.717) is 12.0 Å². The van der Waals surface area contributed by atoms with Crippen molar-refractivity contribution in [3.63, 3.8) is 0 Å². The fourth-order valence-corrected chi connectivity index (χ4v) is 3.73. The second-order valence-corrected chi connectivity index (χ2v) is 6.89. The van der Waals surface area contributed by atoms with Gasteiger partial charge in [-0.05, 0) is 41.8 Å². The monoisotopic (exact) mass is 370 g/mol. The average molecular weight is 370 g/mol. The number of carbonyl (C=O) groups excluding carboxylic acids is 2. The number of anilines is 2. The molecule has 0 bridgehead atoms. The Bertz CT molecular complexity index is 1010. The van der Waals surface area contributed by atoms with Crippen LogP contribution in [0.3, 0.4) is 0 Å². The molecule has 28 heavy (non-hydrogen) atoms. The molecule has 0 saturated carbocycles. The van der Waals surface area contributed by atoms with E-state index in [4.69, 9.17) is 0 Å². The van der Waals surface area contributed by atoms with Crippen molar-refractivity contribution in [1.82, 2.24) is 0 Å². The van der Waals surface area contributed by atoms with Crippen LogP contribution >= 0.6 is 0 Å². The summed E-state index contributed by atoms with van der Waals surface area (Å²) in [5.74, 6) is -0.323. The molecule has 1 heterocycles. The van der Waals surface area contributed by atoms with E-state index >= 15 is 0 Å². The Morgan fingerprint density at radius 2 is 1.61 bits per heavy atom. The van der Waals surface area contributed by atoms with Crippen molar-refractivity contribution in [2.24, 2.45) is 0 Å². The van der Waals surface area contributed by atoms with Crippen LogP contribution < -0.4 is 10.2 Å². The number of rotatable bonds is 4. The SMILES string of the molecule is CCc1ccccc1NC(=O)C1Cc2ccccc2N1C(=O)c1ccccc1. The Balaban J connectivity index is 1.67. The van der Waals surface area contributed by atoms with E-state index in [9.17, 15) is 9.59 Å². The Morgan fingerprint density at radius 3 is 2.39 bits per heavy atom. The second-order valence-electron chi connectivity index (χ2n) is 6.89. The van der Waals surface area contributed by atoms with Crippen molar-refractivity contribution >= 4 is 23.2 Å². The predicted octanol–water partition coefficient (Wildman–Crippen LogP) is 4.46. The number of hydrogen-bond acceptors (Lipinski definition) is 2. The summed E-state index contributed by atoms with van der Waals surface area (Å²) in [6.07, 6.45) is 1.34. The molecule has 0 aliphatic carbocycles. The van der Waals surface area contributed by atoms with Gasteiger partial charge in [-0.3, -0.25) is 14.5 Å². The minimum atomic E-state index is -0.574. The molecule has 3 aromatic rings. The zero-order valence-corrected chi connectivity index (χ0v) is 15.8. The number of carbonyl (C=O) groups is 2. The summed E-state index contributed by atoms with van der Waals surface area (Å²) < 4.78 is 0. The van der Waals surface area contributed by atoms with E-state index in [2.05, 4.69) is 12.2 Å². The summed E-state index contributed by atoms with van der Waals surface area (Å²) in [7, 11) is 0. The summed E-state index contributed by atoms with van der Waals surface area (Å²) in [5, 5.41) is 3.04. The van der Waals surface area contributed by atoms with Crippen LogP contribution in [0.2, 0.25) is 0 Å². The molecule has 1 atom stereocenters. The van der Waals surface area contributed by atoms with Crippen LogP contribution in [0.4, 0.5) is 11.4 Å². The molecule has 0 aromatic heterocycles. The highest BCUT2D eigenvalue weighted by molar-refractivity contribution is 6.13. The number of nitrogens with zero attached hydrogens (tertiary/aromatic N) is 1. The highest BCUT2D eigenvalue weighted by Crippen LogP contribution is 2.34. The minimum absolute atomic E-state index is 0.158. The Kier molecular flexibility index (Phi) is 4.94. The molecule has 1 aliphatic heterocycles. The summed E-state index contributed by atoms with van der Waals surface area (Å²) in [5.41, 5.74) is 4.27. The highest BCUT2D eigenvalue weighted by Gasteiger charge is 2.38. The minimum Gasteiger partial charge on any atom is -0.324 e. The largest absolute Gasteiger partial charge is 0.324 e. The molecule has 0 saturated heterocycles. The maximum absolute atomic E-state index is 13.2. The molecule has 1 N–H and O–H groups in total. The maximum atomic E-state index is 13.2. The second kappa shape index (κ2) is 7.69. The Morgan fingerprint density at radius 1 is 0.929 bits per heavy atom. The number of aryl methyl sites for hydroxylation is 1. The van der Waals surface area contributed by atoms with Crippen LogP contribution in [-0.4, -0.2) is 17.9 Å². The smallest absolute Gasteiger partial charge is 0.259 e. The molecule has 3 aromatic carbocycles. The van der Waals surface area contributed by atoms with Crippen molar-refractivity contribution in [3.05, 3.63) is 95.6 Å². The van der Waals surface area contributed by atoms with Gasteiger partial charge in [0.05, 0.1) is 0 Å². The molecule has 1 aliphatic rings. The van der Waals surface area contributed by atoms with Gasteiger partial charge in [-0.15, -0.1) is 0 Å². The molecule has 0 spiro atoms. The number of amides is 2. The van der Waals surface area contributed by atoms with Crippen LogP contribution in [0, 0.1) is 0 Å². The molecular weight excluding hydrogens is 348 g/mol. The first kappa shape index (κ1) is 18.0. The molecule has 140 valence electrons. The van der Waals surface area contributed by atoms with E-state index in [0.717, 1.165) is 28.9 Å². The topological polar surface area (TPSA) is 49.4 Å². The van der Waals surface area contributed by atoms with Crippen molar-refractivity contribution in [2.45, 2.75) is 25.8 Å². The fourth-order valence-electron chi connectivity index (χ4n) is 3.73. The van der Waals surface area contributed by atoms with Gasteiger partial charge >= 0.3 is 0 Å². The summed E-state index contributed by atoms with van der Waals surface area (Å²) in [4.78, 5) is 28.1. The highest BCUT2D eigenvalue weighted by atomic mass is 16.2. The van der Waals surface area contributed by atoms with Crippen molar-refractivity contribution in [3.8, 4) is 0 Å². The summed E-state index contributed by atoms with van der Waals surface area (Å²) in [6.45, 7) is 2.06. The molecule has 2 amide bonds. The number of benzene rings is 3. The number of hydrogen-bond donors (Lipinski definition) is 1. The fraction of sp³-hybridized carbons (Fsp3) is 0.167. The predicted molar refractivity (Wildman–Crippen MR) is 112 cm³/mol. The first-order valence-corrected chi connectivity index (χ1v) is 9.54. The molecule has 4 heteroatoms. The Labute approximate surface area is 164 Å². The molecular formula is C24H22N2O2. The van der Waals surface area contributed by atoms with Crippen molar-refractivity contribution < 1.29 is 9.59 Å². The van der Waals surface area contributed by atoms with Gasteiger partial charge in [0, 0.05) is 23.4 Å². The number of nitrogens with one attached hydrogen (secondary N) is 1. The zero-order chi connectivity index (χ0) is 19.5. The molecule has 1 unspecified atom stereocenters. The molecule has 4 rings (SSSR count). The lowest BCUT2D eigenvalue weighted by Gasteiger charge is -2.25. The Hall–Kier alpha value is -3.40. The van der Waals surface area contributed by atoms with E-state index in [-0.39, 0.29) is 11.8 Å². The quantitative estimate of drug-likeness (QED) is 0.737. The molecule has 0 fully saturated rings. The normalized spacial score (nSPS) is 15.2.